The highest BCUT2D eigenvalue weighted by Crippen LogP contribution is 2.27. The Morgan fingerprint density at radius 1 is 0.879 bits per heavy atom. The number of anilines is 1. The van der Waals surface area contributed by atoms with E-state index in [9.17, 15) is 29.6 Å². The van der Waals surface area contributed by atoms with Crippen molar-refractivity contribution in [2.45, 2.75) is 0 Å². The number of hydrogen-bond donors (Lipinski definition) is 3. The first-order chi connectivity index (χ1) is 15.7. The summed E-state index contributed by atoms with van der Waals surface area (Å²) in [6, 6.07) is 15.3. The summed E-state index contributed by atoms with van der Waals surface area (Å²) in [5, 5.41) is 31.9. The van der Waals surface area contributed by atoms with E-state index in [0.717, 1.165) is 12.1 Å². The van der Waals surface area contributed by atoms with Crippen LogP contribution >= 0.6 is 0 Å². The lowest BCUT2D eigenvalue weighted by Gasteiger charge is -2.11. The van der Waals surface area contributed by atoms with Crippen molar-refractivity contribution < 1.29 is 39.0 Å². The van der Waals surface area contributed by atoms with Gasteiger partial charge in [-0.05, 0) is 36.4 Å². The first-order valence-corrected chi connectivity index (χ1v) is 9.29. The smallest absolute Gasteiger partial charge is 0.336 e. The van der Waals surface area contributed by atoms with Gasteiger partial charge in [0.15, 0.2) is 12.4 Å². The fourth-order valence-corrected chi connectivity index (χ4v) is 2.79. The van der Waals surface area contributed by atoms with Crippen molar-refractivity contribution in [3.8, 4) is 17.2 Å². The number of carboxylic acid groups (broad SMARTS) is 2. The Kier molecular flexibility index (Phi) is 6.84. The average molecular weight is 452 g/mol. The molecule has 11 nitrogen and oxygen atoms in total. The lowest BCUT2D eigenvalue weighted by atomic mass is 10.1. The molecule has 3 rings (SSSR count). The van der Waals surface area contributed by atoms with Gasteiger partial charge < -0.3 is 25.0 Å². The highest BCUT2D eigenvalue weighted by atomic mass is 16.6. The Bertz CT molecular complexity index is 1240. The molecule has 33 heavy (non-hydrogen) atoms. The Morgan fingerprint density at radius 3 is 2.27 bits per heavy atom. The largest absolute Gasteiger partial charge is 0.478 e. The molecular formula is C22H16N2O9. The topological polar surface area (TPSA) is 165 Å². The second-order valence-corrected chi connectivity index (χ2v) is 6.51. The molecule has 0 saturated carbocycles. The van der Waals surface area contributed by atoms with Crippen molar-refractivity contribution in [1.29, 1.82) is 0 Å². The number of para-hydroxylation sites is 2. The number of nitrogens with zero attached hydrogens (tertiary/aromatic N) is 1. The minimum Gasteiger partial charge on any atom is -0.478 e. The lowest BCUT2D eigenvalue weighted by Crippen LogP contribution is -2.20. The molecule has 3 N–H and O–H groups in total. The summed E-state index contributed by atoms with van der Waals surface area (Å²) >= 11 is 0. The Hall–Kier alpha value is -4.93. The molecule has 0 aliphatic heterocycles. The number of carbonyl (C=O) groups excluding carboxylic acids is 1. The molecule has 0 bridgehead atoms. The molecule has 168 valence electrons. The number of nitrogens with one attached hydrogen (secondary N) is 1. The maximum absolute atomic E-state index is 12.2. The highest BCUT2D eigenvalue weighted by molar-refractivity contribution is 6.02. The van der Waals surface area contributed by atoms with Crippen LogP contribution in [0.3, 0.4) is 0 Å². The fourth-order valence-electron chi connectivity index (χ4n) is 2.79. The maximum atomic E-state index is 12.2. The Morgan fingerprint density at radius 2 is 1.58 bits per heavy atom. The molecule has 0 radical (unpaired) electrons. The number of amides is 1. The third kappa shape index (κ3) is 5.82. The summed E-state index contributed by atoms with van der Waals surface area (Å²) < 4.78 is 10.8. The molecule has 0 aliphatic carbocycles. The van der Waals surface area contributed by atoms with Gasteiger partial charge in [-0.15, -0.1) is 0 Å². The summed E-state index contributed by atoms with van der Waals surface area (Å²) in [4.78, 5) is 45.0. The molecule has 0 unspecified atom stereocenters. The van der Waals surface area contributed by atoms with Gasteiger partial charge in [-0.2, -0.15) is 0 Å². The average Bonchev–Trinajstić information content (AvgIpc) is 2.77. The van der Waals surface area contributed by atoms with E-state index in [0.29, 0.717) is 5.69 Å². The summed E-state index contributed by atoms with van der Waals surface area (Å²) in [5.41, 5.74) is -0.759. The van der Waals surface area contributed by atoms with Gasteiger partial charge in [0.2, 0.25) is 0 Å². The monoisotopic (exact) mass is 452 g/mol. The predicted molar refractivity (Wildman–Crippen MR) is 114 cm³/mol. The van der Waals surface area contributed by atoms with Gasteiger partial charge in [-0.25, -0.2) is 9.59 Å². The molecule has 1 amide bonds. The minimum absolute atomic E-state index is 0.0474. The second kappa shape index (κ2) is 9.92. The Balaban J connectivity index is 1.67. The van der Waals surface area contributed by atoms with Gasteiger partial charge >= 0.3 is 17.6 Å². The van der Waals surface area contributed by atoms with Crippen LogP contribution in [0, 0.1) is 10.1 Å². The van der Waals surface area contributed by atoms with Crippen molar-refractivity contribution in [3.63, 3.8) is 0 Å². The number of carboxylic acids is 2. The number of hydrogen-bond acceptors (Lipinski definition) is 7. The van der Waals surface area contributed by atoms with Gasteiger partial charge in [0.25, 0.3) is 5.91 Å². The number of aromatic carboxylic acids is 2. The van der Waals surface area contributed by atoms with Crippen LogP contribution in [-0.2, 0) is 4.79 Å². The van der Waals surface area contributed by atoms with Crippen LogP contribution in [0.15, 0.2) is 66.7 Å². The lowest BCUT2D eigenvalue weighted by molar-refractivity contribution is -0.385. The summed E-state index contributed by atoms with van der Waals surface area (Å²) in [6.45, 7) is -0.478. The molecule has 3 aromatic rings. The van der Waals surface area contributed by atoms with Crippen molar-refractivity contribution >= 4 is 29.2 Å². The predicted octanol–water partition coefficient (Wildman–Crippen LogP) is 3.80. The SMILES string of the molecule is O=C(COc1ccccc1[N+](=O)[O-])Nc1cccc(Oc2ccc(C(=O)O)c(C(=O)O)c2)c1. The van der Waals surface area contributed by atoms with Crippen LogP contribution < -0.4 is 14.8 Å². The second-order valence-electron chi connectivity index (χ2n) is 6.51. The van der Waals surface area contributed by atoms with Crippen molar-refractivity contribution in [2.75, 3.05) is 11.9 Å². The van der Waals surface area contributed by atoms with Crippen molar-refractivity contribution in [3.05, 3.63) is 88.0 Å². The van der Waals surface area contributed by atoms with Crippen LogP contribution in [0.4, 0.5) is 11.4 Å². The molecule has 0 aliphatic rings. The number of rotatable bonds is 9. The minimum atomic E-state index is -1.42. The number of nitro benzene ring substituents is 1. The van der Waals surface area contributed by atoms with Crippen LogP contribution in [0.1, 0.15) is 20.7 Å². The highest BCUT2D eigenvalue weighted by Gasteiger charge is 2.18. The molecule has 0 atom stereocenters. The maximum Gasteiger partial charge on any atom is 0.336 e. The van der Waals surface area contributed by atoms with Crippen LogP contribution in [-0.4, -0.2) is 39.6 Å². The van der Waals surface area contributed by atoms with Crippen molar-refractivity contribution in [1.82, 2.24) is 0 Å². The number of nitro groups is 1. The molecule has 0 fully saturated rings. The van der Waals surface area contributed by atoms with Gasteiger partial charge in [-0.3, -0.25) is 14.9 Å². The molecule has 0 aromatic heterocycles. The van der Waals surface area contributed by atoms with E-state index in [2.05, 4.69) is 5.32 Å². The molecule has 11 heteroatoms. The standard InChI is InChI=1S/C22H16N2O9/c25-20(12-32-19-7-2-1-6-18(19)24(30)31)23-13-4-3-5-14(10-13)33-15-8-9-16(21(26)27)17(11-15)22(28)29/h1-11H,12H2,(H,23,25)(H,26,27)(H,28,29). The number of carbonyl (C=O) groups is 3. The molecule has 0 spiro atoms. The zero-order valence-electron chi connectivity index (χ0n) is 16.8. The van der Waals surface area contributed by atoms with Crippen molar-refractivity contribution in [2.24, 2.45) is 0 Å². The number of ether oxygens (including phenoxy) is 2. The first-order valence-electron chi connectivity index (χ1n) is 9.29. The van der Waals surface area contributed by atoms with Gasteiger partial charge in [-0.1, -0.05) is 18.2 Å². The van der Waals surface area contributed by atoms with Crippen LogP contribution in [0.25, 0.3) is 0 Å². The molecular weight excluding hydrogens is 436 g/mol. The zero-order chi connectivity index (χ0) is 24.0. The van der Waals surface area contributed by atoms with E-state index < -0.39 is 34.9 Å². The van der Waals surface area contributed by atoms with E-state index in [-0.39, 0.29) is 28.5 Å². The number of benzene rings is 3. The van der Waals surface area contributed by atoms with Gasteiger partial charge in [0, 0.05) is 17.8 Å². The fraction of sp³-hybridized carbons (Fsp3) is 0.0455. The van der Waals surface area contributed by atoms with Crippen LogP contribution in [0.2, 0.25) is 0 Å². The van der Waals surface area contributed by atoms with Gasteiger partial charge in [0.05, 0.1) is 16.1 Å². The quantitative estimate of drug-likeness (QED) is 0.323. The third-order valence-corrected chi connectivity index (χ3v) is 4.23. The van der Waals surface area contributed by atoms with Gasteiger partial charge in [0.1, 0.15) is 11.5 Å². The molecule has 0 saturated heterocycles. The normalized spacial score (nSPS) is 10.2. The summed E-state index contributed by atoms with van der Waals surface area (Å²) in [5.74, 6) is -3.10. The van der Waals surface area contributed by atoms with E-state index in [1.807, 2.05) is 0 Å². The van der Waals surface area contributed by atoms with Crippen LogP contribution in [0.5, 0.6) is 17.2 Å². The molecule has 0 heterocycles. The van der Waals surface area contributed by atoms with E-state index in [1.165, 1.54) is 30.3 Å². The zero-order valence-corrected chi connectivity index (χ0v) is 16.8. The van der Waals surface area contributed by atoms with E-state index >= 15 is 0 Å². The Labute approximate surface area is 186 Å². The molecule has 3 aromatic carbocycles. The van der Waals surface area contributed by atoms with E-state index in [1.54, 1.807) is 24.3 Å². The summed E-state index contributed by atoms with van der Waals surface area (Å²) in [6.07, 6.45) is 0. The van der Waals surface area contributed by atoms with E-state index in [4.69, 9.17) is 14.6 Å². The first kappa shape index (κ1) is 22.7. The third-order valence-electron chi connectivity index (χ3n) is 4.23. The summed E-state index contributed by atoms with van der Waals surface area (Å²) in [7, 11) is 0.